The Labute approximate surface area is 102 Å². The summed E-state index contributed by atoms with van der Waals surface area (Å²) in [4.78, 5) is 0. The second kappa shape index (κ2) is 5.19. The number of hydrogen-bond donors (Lipinski definition) is 1. The fraction of sp³-hybridized carbons (Fsp3) is 0.750. The smallest absolute Gasteiger partial charge is 0.0847 e. The minimum Gasteiger partial charge on any atom is -0.393 e. The molecule has 0 saturated carbocycles. The molecule has 16 heavy (non-hydrogen) atoms. The Balaban J connectivity index is 2.93. The first kappa shape index (κ1) is 13.5. The Morgan fingerprint density at radius 2 is 1.94 bits per heavy atom. The predicted molar refractivity (Wildman–Crippen MR) is 66.7 cm³/mol. The fourth-order valence-electron chi connectivity index (χ4n) is 2.09. The van der Waals surface area contributed by atoms with E-state index in [1.807, 2.05) is 25.6 Å². The summed E-state index contributed by atoms with van der Waals surface area (Å²) in [7, 11) is 1.90. The molecule has 0 fully saturated rings. The molecule has 92 valence electrons. The van der Waals surface area contributed by atoms with Crippen molar-refractivity contribution in [1.82, 2.24) is 9.78 Å². The van der Waals surface area contributed by atoms with Crippen molar-refractivity contribution in [3.05, 3.63) is 16.4 Å². The average molecular weight is 245 g/mol. The molecule has 4 heteroatoms. The van der Waals surface area contributed by atoms with Gasteiger partial charge < -0.3 is 5.11 Å². The zero-order valence-corrected chi connectivity index (χ0v) is 11.4. The number of nitrogens with zero attached hydrogens (tertiary/aromatic N) is 2. The Bertz CT molecular complexity index is 350. The molecule has 0 saturated heterocycles. The number of rotatable bonds is 4. The van der Waals surface area contributed by atoms with Crippen LogP contribution in [-0.2, 0) is 13.5 Å². The van der Waals surface area contributed by atoms with E-state index in [1.165, 1.54) is 0 Å². The highest BCUT2D eigenvalue weighted by Gasteiger charge is 2.23. The van der Waals surface area contributed by atoms with Crippen LogP contribution in [0, 0.1) is 18.8 Å². The molecule has 0 radical (unpaired) electrons. The predicted octanol–water partition coefficient (Wildman–Crippen LogP) is 2.58. The molecule has 1 rings (SSSR count). The number of hydrogen-bond acceptors (Lipinski definition) is 2. The summed E-state index contributed by atoms with van der Waals surface area (Å²) in [5.41, 5.74) is 1.87. The maximum atomic E-state index is 9.76. The van der Waals surface area contributed by atoms with Crippen molar-refractivity contribution in [2.75, 3.05) is 0 Å². The van der Waals surface area contributed by atoms with Gasteiger partial charge in [0.2, 0.25) is 0 Å². The van der Waals surface area contributed by atoms with Gasteiger partial charge in [0.25, 0.3) is 0 Å². The Morgan fingerprint density at radius 3 is 2.25 bits per heavy atom. The molecule has 0 amide bonds. The maximum absolute atomic E-state index is 9.76. The summed E-state index contributed by atoms with van der Waals surface area (Å²) in [6.07, 6.45) is 0.442. The third kappa shape index (κ3) is 2.77. The number of halogens is 1. The first-order valence-electron chi connectivity index (χ1n) is 5.70. The molecule has 0 aromatic carbocycles. The van der Waals surface area contributed by atoms with Crippen molar-refractivity contribution in [3.8, 4) is 0 Å². The number of aryl methyl sites for hydroxylation is 2. The number of aliphatic hydroxyl groups excluding tert-OH is 1. The minimum absolute atomic E-state index is 0.215. The average Bonchev–Trinajstić information content (AvgIpc) is 2.38. The van der Waals surface area contributed by atoms with E-state index < -0.39 is 0 Å². The van der Waals surface area contributed by atoms with Crippen LogP contribution >= 0.6 is 11.6 Å². The highest BCUT2D eigenvalue weighted by molar-refractivity contribution is 6.31. The van der Waals surface area contributed by atoms with Crippen LogP contribution in [0.3, 0.4) is 0 Å². The van der Waals surface area contributed by atoms with E-state index in [1.54, 1.807) is 0 Å². The SMILES string of the molecule is Cc1nn(C)c(CC(C(C)C)C(C)O)c1Cl. The monoisotopic (exact) mass is 244 g/mol. The number of aromatic nitrogens is 2. The van der Waals surface area contributed by atoms with E-state index in [9.17, 15) is 5.11 Å². The largest absolute Gasteiger partial charge is 0.393 e. The van der Waals surface area contributed by atoms with Crippen LogP contribution in [0.25, 0.3) is 0 Å². The quantitative estimate of drug-likeness (QED) is 0.884. The highest BCUT2D eigenvalue weighted by Crippen LogP contribution is 2.26. The molecule has 1 aromatic rings. The summed E-state index contributed by atoms with van der Waals surface area (Å²) < 4.78 is 1.81. The van der Waals surface area contributed by atoms with E-state index in [0.29, 0.717) is 5.92 Å². The molecule has 0 aliphatic heterocycles. The molecular weight excluding hydrogens is 224 g/mol. The third-order valence-corrected chi connectivity index (χ3v) is 3.66. The van der Waals surface area contributed by atoms with E-state index in [0.717, 1.165) is 22.8 Å². The van der Waals surface area contributed by atoms with Gasteiger partial charge in [0, 0.05) is 7.05 Å². The summed E-state index contributed by atoms with van der Waals surface area (Å²) >= 11 is 6.20. The number of aliphatic hydroxyl groups is 1. The Morgan fingerprint density at radius 1 is 1.38 bits per heavy atom. The summed E-state index contributed by atoms with van der Waals surface area (Å²) in [5, 5.41) is 14.8. The lowest BCUT2D eigenvalue weighted by atomic mass is 9.87. The Hall–Kier alpha value is -0.540. The normalized spacial score (nSPS) is 15.5. The van der Waals surface area contributed by atoms with Crippen molar-refractivity contribution < 1.29 is 5.11 Å². The van der Waals surface area contributed by atoms with Gasteiger partial charge in [-0.2, -0.15) is 5.10 Å². The van der Waals surface area contributed by atoms with Crippen LogP contribution in [0.2, 0.25) is 5.02 Å². The topological polar surface area (TPSA) is 38.0 Å². The van der Waals surface area contributed by atoms with Gasteiger partial charge in [-0.3, -0.25) is 4.68 Å². The molecule has 3 nitrogen and oxygen atoms in total. The molecule has 2 atom stereocenters. The van der Waals surface area contributed by atoms with Crippen LogP contribution in [-0.4, -0.2) is 21.0 Å². The highest BCUT2D eigenvalue weighted by atomic mass is 35.5. The van der Waals surface area contributed by atoms with E-state index in [4.69, 9.17) is 11.6 Å². The van der Waals surface area contributed by atoms with Crippen molar-refractivity contribution in [3.63, 3.8) is 0 Å². The van der Waals surface area contributed by atoms with Gasteiger partial charge in [-0.25, -0.2) is 0 Å². The maximum Gasteiger partial charge on any atom is 0.0847 e. The van der Waals surface area contributed by atoms with Crippen LogP contribution in [0.15, 0.2) is 0 Å². The summed E-state index contributed by atoms with van der Waals surface area (Å²) in [5.74, 6) is 0.638. The van der Waals surface area contributed by atoms with Gasteiger partial charge in [-0.1, -0.05) is 25.4 Å². The molecular formula is C12H21ClN2O. The molecule has 0 aliphatic rings. The van der Waals surface area contributed by atoms with Gasteiger partial charge in [0.05, 0.1) is 22.5 Å². The second-order valence-corrected chi connectivity index (χ2v) is 5.20. The molecule has 1 heterocycles. The van der Waals surface area contributed by atoms with Crippen LogP contribution in [0.1, 0.15) is 32.2 Å². The molecule has 0 bridgehead atoms. The van der Waals surface area contributed by atoms with Gasteiger partial charge in [0.15, 0.2) is 0 Å². The van der Waals surface area contributed by atoms with E-state index >= 15 is 0 Å². The van der Waals surface area contributed by atoms with Gasteiger partial charge >= 0.3 is 0 Å². The van der Waals surface area contributed by atoms with Crippen LogP contribution in [0.4, 0.5) is 0 Å². The van der Waals surface area contributed by atoms with Gasteiger partial charge in [0.1, 0.15) is 0 Å². The lowest BCUT2D eigenvalue weighted by molar-refractivity contribution is 0.0965. The third-order valence-electron chi connectivity index (χ3n) is 3.17. The molecule has 1 N–H and O–H groups in total. The van der Waals surface area contributed by atoms with Crippen molar-refractivity contribution in [2.45, 2.75) is 40.2 Å². The second-order valence-electron chi connectivity index (χ2n) is 4.82. The first-order valence-corrected chi connectivity index (χ1v) is 6.08. The molecule has 1 aromatic heterocycles. The van der Waals surface area contributed by atoms with E-state index in [-0.39, 0.29) is 12.0 Å². The summed E-state index contributed by atoms with van der Waals surface area (Å²) in [6, 6.07) is 0. The lowest BCUT2D eigenvalue weighted by Crippen LogP contribution is -2.25. The first-order chi connectivity index (χ1) is 7.34. The van der Waals surface area contributed by atoms with Crippen LogP contribution < -0.4 is 0 Å². The standard InChI is InChI=1S/C12H21ClN2O/c1-7(2)10(9(4)16)6-11-12(13)8(3)14-15(11)5/h7,9-10,16H,6H2,1-5H3. The van der Waals surface area contributed by atoms with Gasteiger partial charge in [-0.05, 0) is 32.1 Å². The lowest BCUT2D eigenvalue weighted by Gasteiger charge is -2.23. The molecule has 2 unspecified atom stereocenters. The molecule has 0 spiro atoms. The van der Waals surface area contributed by atoms with E-state index in [2.05, 4.69) is 18.9 Å². The van der Waals surface area contributed by atoms with Crippen molar-refractivity contribution >= 4 is 11.6 Å². The fourth-order valence-corrected chi connectivity index (χ4v) is 2.33. The summed E-state index contributed by atoms with van der Waals surface area (Å²) in [6.45, 7) is 7.98. The zero-order chi connectivity index (χ0) is 12.5. The van der Waals surface area contributed by atoms with Crippen molar-refractivity contribution in [1.29, 1.82) is 0 Å². The zero-order valence-electron chi connectivity index (χ0n) is 10.7. The minimum atomic E-state index is -0.328. The van der Waals surface area contributed by atoms with Gasteiger partial charge in [-0.15, -0.1) is 0 Å². The Kier molecular flexibility index (Phi) is 4.39. The van der Waals surface area contributed by atoms with Crippen molar-refractivity contribution in [2.24, 2.45) is 18.9 Å². The molecule has 0 aliphatic carbocycles. The van der Waals surface area contributed by atoms with Crippen LogP contribution in [0.5, 0.6) is 0 Å².